The number of methoxy groups -OCH3 is 1. The Morgan fingerprint density at radius 3 is 2.58 bits per heavy atom. The van der Waals surface area contributed by atoms with E-state index >= 15 is 0 Å². The van der Waals surface area contributed by atoms with Gasteiger partial charge in [0.25, 0.3) is 5.91 Å². The Kier molecular flexibility index (Phi) is 3.76. The average Bonchev–Trinajstić information content (AvgIpc) is 2.65. The summed E-state index contributed by atoms with van der Waals surface area (Å²) >= 11 is 0. The molecular formula is C19H19NO4. The van der Waals surface area contributed by atoms with E-state index in [1.165, 1.54) is 5.56 Å². The third kappa shape index (κ3) is 2.66. The molecule has 0 saturated heterocycles. The van der Waals surface area contributed by atoms with Crippen LogP contribution < -0.4 is 14.2 Å². The van der Waals surface area contributed by atoms with Crippen LogP contribution in [0, 0.1) is 0 Å². The minimum absolute atomic E-state index is 0.0226. The van der Waals surface area contributed by atoms with E-state index in [9.17, 15) is 4.79 Å². The van der Waals surface area contributed by atoms with Crippen LogP contribution in [0.4, 0.5) is 0 Å². The van der Waals surface area contributed by atoms with Crippen LogP contribution in [-0.4, -0.2) is 37.7 Å². The van der Waals surface area contributed by atoms with E-state index in [1.807, 2.05) is 29.2 Å². The Morgan fingerprint density at radius 1 is 1.08 bits per heavy atom. The second-order valence-electron chi connectivity index (χ2n) is 5.97. The molecule has 0 N–H and O–H groups in total. The van der Waals surface area contributed by atoms with Crippen LogP contribution in [0.2, 0.25) is 0 Å². The number of benzene rings is 2. The lowest BCUT2D eigenvalue weighted by Crippen LogP contribution is -2.36. The van der Waals surface area contributed by atoms with Gasteiger partial charge in [0.05, 0.1) is 7.11 Å². The van der Waals surface area contributed by atoms with Gasteiger partial charge >= 0.3 is 0 Å². The second kappa shape index (κ2) is 6.07. The third-order valence-corrected chi connectivity index (χ3v) is 4.48. The third-order valence-electron chi connectivity index (χ3n) is 4.48. The van der Waals surface area contributed by atoms with Crippen LogP contribution in [0.15, 0.2) is 36.4 Å². The maximum atomic E-state index is 12.8. The number of carbonyl (C=O) groups is 1. The first-order chi connectivity index (χ1) is 11.7. The molecule has 0 spiro atoms. The number of carbonyl (C=O) groups excluding carboxylic acids is 1. The largest absolute Gasteiger partial charge is 0.497 e. The van der Waals surface area contributed by atoms with Crippen molar-refractivity contribution in [1.29, 1.82) is 0 Å². The fraction of sp³-hybridized carbons (Fsp3) is 0.316. The van der Waals surface area contributed by atoms with E-state index < -0.39 is 0 Å². The summed E-state index contributed by atoms with van der Waals surface area (Å²) in [7, 11) is 1.60. The fourth-order valence-electron chi connectivity index (χ4n) is 3.21. The van der Waals surface area contributed by atoms with Crippen LogP contribution >= 0.6 is 0 Å². The number of hydrogen-bond donors (Lipinski definition) is 0. The molecule has 0 aliphatic carbocycles. The predicted molar refractivity (Wildman–Crippen MR) is 88.9 cm³/mol. The number of hydrogen-bond acceptors (Lipinski definition) is 4. The van der Waals surface area contributed by atoms with E-state index in [2.05, 4.69) is 6.07 Å². The molecule has 4 rings (SSSR count). The lowest BCUT2D eigenvalue weighted by Gasteiger charge is -2.30. The minimum Gasteiger partial charge on any atom is -0.497 e. The minimum atomic E-state index is 0.0226. The summed E-state index contributed by atoms with van der Waals surface area (Å²) in [6.07, 6.45) is 0.821. The summed E-state index contributed by atoms with van der Waals surface area (Å²) in [5.41, 5.74) is 3.01. The predicted octanol–water partition coefficient (Wildman–Crippen LogP) is 2.66. The molecule has 24 heavy (non-hydrogen) atoms. The molecule has 0 unspecified atom stereocenters. The topological polar surface area (TPSA) is 48.0 Å². The van der Waals surface area contributed by atoms with Crippen molar-refractivity contribution in [1.82, 2.24) is 4.90 Å². The zero-order chi connectivity index (χ0) is 16.5. The molecule has 5 heteroatoms. The van der Waals surface area contributed by atoms with Gasteiger partial charge in [-0.25, -0.2) is 0 Å². The van der Waals surface area contributed by atoms with Gasteiger partial charge in [-0.1, -0.05) is 6.07 Å². The van der Waals surface area contributed by atoms with Gasteiger partial charge in [-0.15, -0.1) is 0 Å². The highest BCUT2D eigenvalue weighted by Crippen LogP contribution is 2.35. The lowest BCUT2D eigenvalue weighted by molar-refractivity contribution is 0.0733. The van der Waals surface area contributed by atoms with Crippen molar-refractivity contribution in [3.8, 4) is 17.2 Å². The van der Waals surface area contributed by atoms with Crippen LogP contribution in [0.5, 0.6) is 17.2 Å². The molecule has 0 fully saturated rings. The van der Waals surface area contributed by atoms with Gasteiger partial charge < -0.3 is 19.1 Å². The summed E-state index contributed by atoms with van der Waals surface area (Å²) in [6.45, 7) is 2.44. The summed E-state index contributed by atoms with van der Waals surface area (Å²) < 4.78 is 16.5. The Morgan fingerprint density at radius 2 is 1.83 bits per heavy atom. The van der Waals surface area contributed by atoms with Gasteiger partial charge in [-0.05, 0) is 47.9 Å². The molecule has 0 aromatic heterocycles. The van der Waals surface area contributed by atoms with Crippen molar-refractivity contribution in [3.63, 3.8) is 0 Å². The van der Waals surface area contributed by atoms with Crippen LogP contribution in [-0.2, 0) is 13.0 Å². The van der Waals surface area contributed by atoms with Crippen molar-refractivity contribution in [2.45, 2.75) is 13.0 Å². The quantitative estimate of drug-likeness (QED) is 0.852. The van der Waals surface area contributed by atoms with E-state index in [4.69, 9.17) is 14.2 Å². The number of ether oxygens (including phenoxy) is 3. The van der Waals surface area contributed by atoms with E-state index in [0.717, 1.165) is 23.5 Å². The lowest BCUT2D eigenvalue weighted by atomic mass is 9.98. The summed E-state index contributed by atoms with van der Waals surface area (Å²) in [4.78, 5) is 14.6. The normalized spacial score (nSPS) is 15.6. The van der Waals surface area contributed by atoms with E-state index in [0.29, 0.717) is 37.6 Å². The van der Waals surface area contributed by atoms with Crippen LogP contribution in [0.25, 0.3) is 0 Å². The molecule has 2 aromatic rings. The van der Waals surface area contributed by atoms with Crippen LogP contribution in [0.3, 0.4) is 0 Å². The maximum Gasteiger partial charge on any atom is 0.254 e. The van der Waals surface area contributed by atoms with Gasteiger partial charge in [-0.2, -0.15) is 0 Å². The molecule has 2 aliphatic rings. The Balaban J connectivity index is 1.58. The van der Waals surface area contributed by atoms with Gasteiger partial charge in [0.1, 0.15) is 19.0 Å². The highest BCUT2D eigenvalue weighted by atomic mass is 16.6. The SMILES string of the molecule is COc1cccc(C(=O)N2CCc3cc4c(cc3C2)OCCO4)c1. The first-order valence-electron chi connectivity index (χ1n) is 8.09. The molecule has 0 saturated carbocycles. The van der Waals surface area contributed by atoms with Crippen LogP contribution in [0.1, 0.15) is 21.5 Å². The van der Waals surface area contributed by atoms with E-state index in [1.54, 1.807) is 13.2 Å². The summed E-state index contributed by atoms with van der Waals surface area (Å²) in [5.74, 6) is 2.30. The Bertz CT molecular complexity index is 787. The molecule has 2 heterocycles. The van der Waals surface area contributed by atoms with Crippen molar-refractivity contribution in [2.24, 2.45) is 0 Å². The summed E-state index contributed by atoms with van der Waals surface area (Å²) in [5, 5.41) is 0. The molecular weight excluding hydrogens is 306 g/mol. The first-order valence-corrected chi connectivity index (χ1v) is 8.09. The molecule has 0 radical (unpaired) electrons. The van der Waals surface area contributed by atoms with Crippen molar-refractivity contribution < 1.29 is 19.0 Å². The van der Waals surface area contributed by atoms with Gasteiger partial charge in [0, 0.05) is 18.7 Å². The molecule has 5 nitrogen and oxygen atoms in total. The Hall–Kier alpha value is -2.69. The molecule has 0 bridgehead atoms. The van der Waals surface area contributed by atoms with Gasteiger partial charge in [-0.3, -0.25) is 4.79 Å². The standard InChI is InChI=1S/C19H19NO4/c1-22-16-4-2-3-14(9-16)19(21)20-6-5-13-10-17-18(11-15(13)12-20)24-8-7-23-17/h2-4,9-11H,5-8,12H2,1H3. The average molecular weight is 325 g/mol. The smallest absolute Gasteiger partial charge is 0.254 e. The Labute approximate surface area is 140 Å². The monoisotopic (exact) mass is 325 g/mol. The molecule has 0 atom stereocenters. The van der Waals surface area contributed by atoms with Gasteiger partial charge in [0.2, 0.25) is 0 Å². The second-order valence-corrected chi connectivity index (χ2v) is 5.97. The van der Waals surface area contributed by atoms with Gasteiger partial charge in [0.15, 0.2) is 11.5 Å². The zero-order valence-electron chi connectivity index (χ0n) is 13.6. The molecule has 124 valence electrons. The van der Waals surface area contributed by atoms with Crippen molar-refractivity contribution in [2.75, 3.05) is 26.9 Å². The molecule has 2 aromatic carbocycles. The zero-order valence-corrected chi connectivity index (χ0v) is 13.6. The number of amides is 1. The number of nitrogens with zero attached hydrogens (tertiary/aromatic N) is 1. The number of fused-ring (bicyclic) bond motifs is 2. The maximum absolute atomic E-state index is 12.8. The first kappa shape index (κ1) is 14.9. The van der Waals surface area contributed by atoms with E-state index in [-0.39, 0.29) is 5.91 Å². The number of rotatable bonds is 2. The molecule has 1 amide bonds. The van der Waals surface area contributed by atoms with Crippen molar-refractivity contribution >= 4 is 5.91 Å². The highest BCUT2D eigenvalue weighted by Gasteiger charge is 2.25. The summed E-state index contributed by atoms with van der Waals surface area (Å²) in [6, 6.07) is 11.3. The fourth-order valence-corrected chi connectivity index (χ4v) is 3.21. The van der Waals surface area contributed by atoms with Crippen molar-refractivity contribution in [3.05, 3.63) is 53.1 Å². The highest BCUT2D eigenvalue weighted by molar-refractivity contribution is 5.94. The molecule has 2 aliphatic heterocycles.